The second-order valence-corrected chi connectivity index (χ2v) is 9.05. The van der Waals surface area contributed by atoms with Gasteiger partial charge in [-0.3, -0.25) is 9.52 Å². The predicted molar refractivity (Wildman–Crippen MR) is 125 cm³/mol. The topological polar surface area (TPSA) is 93.1 Å². The van der Waals surface area contributed by atoms with Crippen molar-refractivity contribution in [2.24, 2.45) is 0 Å². The third kappa shape index (κ3) is 4.70. The molecule has 3 aromatic carbocycles. The van der Waals surface area contributed by atoms with Gasteiger partial charge in [-0.05, 0) is 73.5 Å². The minimum Gasteiger partial charge on any atom is -0.305 e. The Morgan fingerprint density at radius 1 is 0.875 bits per heavy atom. The number of anilines is 2. The van der Waals surface area contributed by atoms with E-state index in [1.807, 2.05) is 44.2 Å². The van der Waals surface area contributed by atoms with Gasteiger partial charge in [-0.15, -0.1) is 0 Å². The fourth-order valence-electron chi connectivity index (χ4n) is 3.09. The van der Waals surface area contributed by atoms with E-state index in [1.165, 1.54) is 0 Å². The molecule has 0 aliphatic rings. The Kier molecular flexibility index (Phi) is 5.79. The lowest BCUT2D eigenvalue weighted by Crippen LogP contribution is -2.14. The number of amides is 1. The van der Waals surface area contributed by atoms with Crippen molar-refractivity contribution in [2.75, 3.05) is 10.0 Å². The highest BCUT2D eigenvalue weighted by Crippen LogP contribution is 2.20. The zero-order valence-corrected chi connectivity index (χ0v) is 18.4. The summed E-state index contributed by atoms with van der Waals surface area (Å²) in [4.78, 5) is 12.7. The van der Waals surface area contributed by atoms with Crippen LogP contribution in [0, 0.1) is 13.8 Å². The molecule has 0 saturated carbocycles. The standard InChI is InChI=1S/C24H22N4O3S/c1-17-8-13-22(16-18(17)2)32(30,31)27-20-11-9-19(10-12-20)24(29)25-23-14-15-28(26-23)21-6-4-3-5-7-21/h3-16,27H,1-2H3,(H,25,26,29). The average molecular weight is 447 g/mol. The minimum absolute atomic E-state index is 0.191. The van der Waals surface area contributed by atoms with E-state index in [-0.39, 0.29) is 10.8 Å². The SMILES string of the molecule is Cc1ccc(S(=O)(=O)Nc2ccc(C(=O)Nc3ccn(-c4ccccc4)n3)cc2)cc1C. The number of para-hydroxylation sites is 1. The largest absolute Gasteiger partial charge is 0.305 e. The van der Waals surface area contributed by atoms with Crippen molar-refractivity contribution in [2.45, 2.75) is 18.7 Å². The molecule has 0 bridgehead atoms. The molecule has 4 aromatic rings. The molecule has 0 unspecified atom stereocenters. The van der Waals surface area contributed by atoms with E-state index in [9.17, 15) is 13.2 Å². The molecule has 2 N–H and O–H groups in total. The average Bonchev–Trinajstić information content (AvgIpc) is 3.25. The van der Waals surface area contributed by atoms with Gasteiger partial charge in [0.2, 0.25) is 0 Å². The van der Waals surface area contributed by atoms with Gasteiger partial charge in [0.15, 0.2) is 5.82 Å². The van der Waals surface area contributed by atoms with Crippen molar-refractivity contribution < 1.29 is 13.2 Å². The van der Waals surface area contributed by atoms with Gasteiger partial charge in [0.25, 0.3) is 15.9 Å². The van der Waals surface area contributed by atoms with Gasteiger partial charge in [-0.25, -0.2) is 13.1 Å². The highest BCUT2D eigenvalue weighted by atomic mass is 32.2. The molecule has 1 aromatic heterocycles. The van der Waals surface area contributed by atoms with E-state index in [0.29, 0.717) is 17.1 Å². The summed E-state index contributed by atoms with van der Waals surface area (Å²) in [6, 6.07) is 22.5. The molecule has 8 heteroatoms. The molecular formula is C24H22N4O3S. The highest BCUT2D eigenvalue weighted by molar-refractivity contribution is 7.92. The first-order valence-electron chi connectivity index (χ1n) is 9.94. The lowest BCUT2D eigenvalue weighted by Gasteiger charge is -2.10. The van der Waals surface area contributed by atoms with E-state index < -0.39 is 10.0 Å². The summed E-state index contributed by atoms with van der Waals surface area (Å²) in [5.74, 6) is 0.0743. The van der Waals surface area contributed by atoms with Gasteiger partial charge in [0.1, 0.15) is 0 Å². The molecule has 0 atom stereocenters. The molecule has 4 rings (SSSR count). The Morgan fingerprint density at radius 3 is 2.28 bits per heavy atom. The summed E-state index contributed by atoms with van der Waals surface area (Å²) in [6.07, 6.45) is 1.76. The van der Waals surface area contributed by atoms with Crippen molar-refractivity contribution in [1.82, 2.24) is 9.78 Å². The van der Waals surface area contributed by atoms with E-state index >= 15 is 0 Å². The van der Waals surface area contributed by atoms with Crippen LogP contribution in [0.2, 0.25) is 0 Å². The van der Waals surface area contributed by atoms with Gasteiger partial charge < -0.3 is 5.32 Å². The smallest absolute Gasteiger partial charge is 0.261 e. The Balaban J connectivity index is 1.44. The number of benzene rings is 3. The van der Waals surface area contributed by atoms with Crippen molar-refractivity contribution in [3.8, 4) is 5.69 Å². The van der Waals surface area contributed by atoms with Gasteiger partial charge in [-0.2, -0.15) is 5.10 Å². The minimum atomic E-state index is -3.72. The normalized spacial score (nSPS) is 11.2. The van der Waals surface area contributed by atoms with Gasteiger partial charge in [0, 0.05) is 23.5 Å². The zero-order valence-electron chi connectivity index (χ0n) is 17.6. The van der Waals surface area contributed by atoms with Crippen molar-refractivity contribution >= 4 is 27.4 Å². The van der Waals surface area contributed by atoms with Gasteiger partial charge in [-0.1, -0.05) is 24.3 Å². The molecule has 7 nitrogen and oxygen atoms in total. The molecular weight excluding hydrogens is 424 g/mol. The van der Waals surface area contributed by atoms with Crippen LogP contribution >= 0.6 is 0 Å². The van der Waals surface area contributed by atoms with Crippen molar-refractivity contribution in [3.63, 3.8) is 0 Å². The molecule has 0 spiro atoms. The molecule has 0 radical (unpaired) electrons. The second kappa shape index (κ2) is 8.68. The molecule has 0 saturated heterocycles. The van der Waals surface area contributed by atoms with Gasteiger partial charge >= 0.3 is 0 Å². The molecule has 0 aliphatic carbocycles. The zero-order chi connectivity index (χ0) is 22.7. The van der Waals surface area contributed by atoms with Crippen LogP contribution in [0.3, 0.4) is 0 Å². The lowest BCUT2D eigenvalue weighted by molar-refractivity contribution is 0.102. The van der Waals surface area contributed by atoms with Crippen LogP contribution in [0.4, 0.5) is 11.5 Å². The fourth-order valence-corrected chi connectivity index (χ4v) is 4.23. The number of nitrogens with zero attached hydrogens (tertiary/aromatic N) is 2. The van der Waals surface area contributed by atoms with Crippen molar-refractivity contribution in [3.05, 3.63) is 102 Å². The molecule has 32 heavy (non-hydrogen) atoms. The van der Waals surface area contributed by atoms with E-state index in [2.05, 4.69) is 15.1 Å². The summed E-state index contributed by atoms with van der Waals surface area (Å²) in [7, 11) is -3.72. The Bertz CT molecular complexity index is 1360. The predicted octanol–water partition coefficient (Wildman–Crippen LogP) is 4.54. The van der Waals surface area contributed by atoms with Gasteiger partial charge in [0.05, 0.1) is 10.6 Å². The Hall–Kier alpha value is -3.91. The van der Waals surface area contributed by atoms with Crippen LogP contribution in [0.15, 0.2) is 90.0 Å². The van der Waals surface area contributed by atoms with E-state index in [4.69, 9.17) is 0 Å². The Labute approximate surface area is 186 Å². The van der Waals surface area contributed by atoms with E-state index in [1.54, 1.807) is 59.4 Å². The molecule has 0 aliphatic heterocycles. The van der Waals surface area contributed by atoms with Crippen LogP contribution in [0.25, 0.3) is 5.69 Å². The summed E-state index contributed by atoms with van der Waals surface area (Å²) in [6.45, 7) is 3.79. The molecule has 1 amide bonds. The second-order valence-electron chi connectivity index (χ2n) is 7.36. The number of sulfonamides is 1. The first-order chi connectivity index (χ1) is 15.3. The highest BCUT2D eigenvalue weighted by Gasteiger charge is 2.15. The summed E-state index contributed by atoms with van der Waals surface area (Å²) in [5.41, 5.74) is 3.55. The number of rotatable bonds is 6. The quantitative estimate of drug-likeness (QED) is 0.455. The number of carbonyl (C=O) groups is 1. The number of hydrogen-bond acceptors (Lipinski definition) is 4. The number of hydrogen-bond donors (Lipinski definition) is 2. The fraction of sp³-hybridized carbons (Fsp3) is 0.0833. The lowest BCUT2D eigenvalue weighted by atomic mass is 10.1. The third-order valence-electron chi connectivity index (χ3n) is 5.04. The first kappa shape index (κ1) is 21.3. The molecule has 0 fully saturated rings. The third-order valence-corrected chi connectivity index (χ3v) is 6.42. The van der Waals surface area contributed by atoms with Crippen LogP contribution in [-0.2, 0) is 10.0 Å². The Morgan fingerprint density at radius 2 is 1.59 bits per heavy atom. The van der Waals surface area contributed by atoms with Crippen LogP contribution in [0.5, 0.6) is 0 Å². The molecule has 162 valence electrons. The number of aryl methyl sites for hydroxylation is 2. The first-order valence-corrected chi connectivity index (χ1v) is 11.4. The number of nitrogens with one attached hydrogen (secondary N) is 2. The van der Waals surface area contributed by atoms with Crippen LogP contribution in [-0.4, -0.2) is 24.1 Å². The summed E-state index contributed by atoms with van der Waals surface area (Å²) >= 11 is 0. The van der Waals surface area contributed by atoms with Crippen LogP contribution < -0.4 is 10.0 Å². The van der Waals surface area contributed by atoms with E-state index in [0.717, 1.165) is 16.8 Å². The number of aromatic nitrogens is 2. The maximum atomic E-state index is 12.6. The number of carbonyl (C=O) groups excluding carboxylic acids is 1. The van der Waals surface area contributed by atoms with Crippen LogP contribution in [0.1, 0.15) is 21.5 Å². The molecule has 1 heterocycles. The summed E-state index contributed by atoms with van der Waals surface area (Å²) in [5, 5.41) is 7.10. The summed E-state index contributed by atoms with van der Waals surface area (Å²) < 4.78 is 29.5. The maximum Gasteiger partial charge on any atom is 0.261 e. The maximum absolute atomic E-state index is 12.6. The van der Waals surface area contributed by atoms with Crippen molar-refractivity contribution in [1.29, 1.82) is 0 Å². The monoisotopic (exact) mass is 446 g/mol.